The van der Waals surface area contributed by atoms with Gasteiger partial charge >= 0.3 is 0 Å². The lowest BCUT2D eigenvalue weighted by Gasteiger charge is -2.33. The number of hydrogen-bond acceptors (Lipinski definition) is 1. The Morgan fingerprint density at radius 3 is 2.29 bits per heavy atom. The van der Waals surface area contributed by atoms with E-state index in [1.54, 1.807) is 12.1 Å². The molecule has 0 radical (unpaired) electrons. The molecule has 1 aliphatic carbocycles. The first-order valence-corrected chi connectivity index (χ1v) is 8.45. The number of rotatable bonds is 5. The highest BCUT2D eigenvalue weighted by Gasteiger charge is 2.26. The van der Waals surface area contributed by atoms with Crippen LogP contribution < -0.4 is 5.32 Å². The van der Waals surface area contributed by atoms with E-state index in [1.807, 2.05) is 12.1 Å². The van der Waals surface area contributed by atoms with E-state index in [9.17, 15) is 4.39 Å². The van der Waals surface area contributed by atoms with Gasteiger partial charge in [0.05, 0.1) is 0 Å². The van der Waals surface area contributed by atoms with Crippen LogP contribution in [0.2, 0.25) is 0 Å². The van der Waals surface area contributed by atoms with Crippen molar-refractivity contribution in [2.45, 2.75) is 65.3 Å². The van der Waals surface area contributed by atoms with E-state index in [-0.39, 0.29) is 17.3 Å². The molecular formula is C19H30FN. The van der Waals surface area contributed by atoms with Crippen molar-refractivity contribution in [3.8, 4) is 0 Å². The molecule has 1 aromatic rings. The SMILES string of the molecule is CC(C)(C)C(NCCC1CCCCC1)c1ccc(F)cc1. The Morgan fingerprint density at radius 1 is 1.10 bits per heavy atom. The van der Waals surface area contributed by atoms with E-state index in [0.717, 1.165) is 12.5 Å². The molecule has 1 fully saturated rings. The van der Waals surface area contributed by atoms with Crippen LogP contribution in [0.25, 0.3) is 0 Å². The molecule has 0 aromatic heterocycles. The second-order valence-electron chi connectivity index (χ2n) is 7.60. The molecule has 2 rings (SSSR count). The maximum absolute atomic E-state index is 13.1. The molecule has 1 saturated carbocycles. The van der Waals surface area contributed by atoms with Gasteiger partial charge in [-0.2, -0.15) is 0 Å². The predicted octanol–water partition coefficient (Wildman–Crippen LogP) is 5.47. The summed E-state index contributed by atoms with van der Waals surface area (Å²) in [7, 11) is 0. The van der Waals surface area contributed by atoms with E-state index in [2.05, 4.69) is 26.1 Å². The van der Waals surface area contributed by atoms with E-state index < -0.39 is 0 Å². The Labute approximate surface area is 129 Å². The summed E-state index contributed by atoms with van der Waals surface area (Å²) in [6, 6.07) is 7.24. The Kier molecular flexibility index (Phi) is 5.80. The van der Waals surface area contributed by atoms with Crippen LogP contribution >= 0.6 is 0 Å². The highest BCUT2D eigenvalue weighted by molar-refractivity contribution is 5.21. The topological polar surface area (TPSA) is 12.0 Å². The normalized spacial score (nSPS) is 18.7. The van der Waals surface area contributed by atoms with E-state index in [4.69, 9.17) is 0 Å². The highest BCUT2D eigenvalue weighted by atomic mass is 19.1. The van der Waals surface area contributed by atoms with Gasteiger partial charge in [-0.05, 0) is 42.0 Å². The fourth-order valence-corrected chi connectivity index (χ4v) is 3.49. The van der Waals surface area contributed by atoms with Gasteiger partial charge in [-0.15, -0.1) is 0 Å². The van der Waals surface area contributed by atoms with Gasteiger partial charge in [0.1, 0.15) is 5.82 Å². The molecule has 0 heterocycles. The summed E-state index contributed by atoms with van der Waals surface area (Å²) in [5.74, 6) is 0.744. The maximum atomic E-state index is 13.1. The lowest BCUT2D eigenvalue weighted by atomic mass is 9.82. The third-order valence-corrected chi connectivity index (χ3v) is 4.70. The molecule has 1 aromatic carbocycles. The quantitative estimate of drug-likeness (QED) is 0.758. The van der Waals surface area contributed by atoms with Gasteiger partial charge in [0.15, 0.2) is 0 Å². The number of nitrogens with one attached hydrogen (secondary N) is 1. The molecule has 1 aliphatic rings. The lowest BCUT2D eigenvalue weighted by molar-refractivity contribution is 0.257. The van der Waals surface area contributed by atoms with E-state index in [0.29, 0.717) is 0 Å². The maximum Gasteiger partial charge on any atom is 0.123 e. The third-order valence-electron chi connectivity index (χ3n) is 4.70. The number of halogens is 1. The van der Waals surface area contributed by atoms with Crippen molar-refractivity contribution in [2.24, 2.45) is 11.3 Å². The molecule has 21 heavy (non-hydrogen) atoms. The Balaban J connectivity index is 1.92. The summed E-state index contributed by atoms with van der Waals surface area (Å²) in [5.41, 5.74) is 1.32. The number of benzene rings is 1. The molecule has 0 bridgehead atoms. The highest BCUT2D eigenvalue weighted by Crippen LogP contribution is 2.33. The molecular weight excluding hydrogens is 261 g/mol. The molecule has 118 valence electrons. The third kappa shape index (κ3) is 5.10. The lowest BCUT2D eigenvalue weighted by Crippen LogP contribution is -2.33. The Morgan fingerprint density at radius 2 is 1.71 bits per heavy atom. The van der Waals surface area contributed by atoms with Crippen molar-refractivity contribution < 1.29 is 4.39 Å². The summed E-state index contributed by atoms with van der Waals surface area (Å²) in [4.78, 5) is 0. The molecule has 0 saturated heterocycles. The minimum atomic E-state index is -0.159. The summed E-state index contributed by atoms with van der Waals surface area (Å²) >= 11 is 0. The zero-order chi connectivity index (χ0) is 15.3. The minimum Gasteiger partial charge on any atom is -0.309 e. The van der Waals surface area contributed by atoms with Crippen LogP contribution in [0.5, 0.6) is 0 Å². The molecule has 2 heteroatoms. The van der Waals surface area contributed by atoms with Gasteiger partial charge in [-0.25, -0.2) is 4.39 Å². The van der Waals surface area contributed by atoms with Crippen molar-refractivity contribution in [1.82, 2.24) is 5.32 Å². The van der Waals surface area contributed by atoms with Crippen LogP contribution in [0, 0.1) is 17.2 Å². The zero-order valence-electron chi connectivity index (χ0n) is 13.8. The fourth-order valence-electron chi connectivity index (χ4n) is 3.49. The number of hydrogen-bond donors (Lipinski definition) is 1. The zero-order valence-corrected chi connectivity index (χ0v) is 13.8. The summed E-state index contributed by atoms with van der Waals surface area (Å²) in [6.45, 7) is 7.79. The average molecular weight is 291 g/mol. The molecule has 0 amide bonds. The molecule has 1 atom stereocenters. The van der Waals surface area contributed by atoms with Crippen LogP contribution in [-0.2, 0) is 0 Å². The predicted molar refractivity (Wildman–Crippen MR) is 87.8 cm³/mol. The largest absolute Gasteiger partial charge is 0.309 e. The Hall–Kier alpha value is -0.890. The van der Waals surface area contributed by atoms with Gasteiger partial charge in [-0.1, -0.05) is 65.0 Å². The standard InChI is InChI=1S/C19H30FN/c1-19(2,3)18(16-9-11-17(20)12-10-16)21-14-13-15-7-5-4-6-8-15/h9-12,15,18,21H,4-8,13-14H2,1-3H3. The molecule has 0 spiro atoms. The van der Waals surface area contributed by atoms with Crippen molar-refractivity contribution in [3.63, 3.8) is 0 Å². The van der Waals surface area contributed by atoms with Crippen LogP contribution in [0.4, 0.5) is 4.39 Å². The average Bonchev–Trinajstić information content (AvgIpc) is 2.45. The molecule has 1 unspecified atom stereocenters. The van der Waals surface area contributed by atoms with Crippen molar-refractivity contribution >= 4 is 0 Å². The summed E-state index contributed by atoms with van der Waals surface area (Å²) < 4.78 is 13.1. The van der Waals surface area contributed by atoms with Crippen LogP contribution in [-0.4, -0.2) is 6.54 Å². The van der Waals surface area contributed by atoms with Gasteiger partial charge in [0.25, 0.3) is 0 Å². The molecule has 1 N–H and O–H groups in total. The van der Waals surface area contributed by atoms with Crippen molar-refractivity contribution in [1.29, 1.82) is 0 Å². The summed E-state index contributed by atoms with van der Waals surface area (Å²) in [6.07, 6.45) is 8.31. The molecule has 1 nitrogen and oxygen atoms in total. The first-order valence-electron chi connectivity index (χ1n) is 8.45. The molecule has 0 aliphatic heterocycles. The first-order chi connectivity index (χ1) is 9.97. The van der Waals surface area contributed by atoms with E-state index in [1.165, 1.54) is 44.1 Å². The fraction of sp³-hybridized carbons (Fsp3) is 0.684. The van der Waals surface area contributed by atoms with Gasteiger partial charge in [0.2, 0.25) is 0 Å². The van der Waals surface area contributed by atoms with Gasteiger partial charge < -0.3 is 5.32 Å². The second kappa shape index (κ2) is 7.40. The smallest absolute Gasteiger partial charge is 0.123 e. The van der Waals surface area contributed by atoms with Crippen LogP contribution in [0.3, 0.4) is 0 Å². The Bertz CT molecular complexity index is 412. The van der Waals surface area contributed by atoms with E-state index >= 15 is 0 Å². The van der Waals surface area contributed by atoms with Crippen LogP contribution in [0.1, 0.15) is 70.9 Å². The van der Waals surface area contributed by atoms with Gasteiger partial charge in [-0.3, -0.25) is 0 Å². The van der Waals surface area contributed by atoms with Crippen molar-refractivity contribution in [3.05, 3.63) is 35.6 Å². The summed E-state index contributed by atoms with van der Waals surface area (Å²) in [5, 5.41) is 3.72. The first kappa shape index (κ1) is 16.5. The second-order valence-corrected chi connectivity index (χ2v) is 7.60. The van der Waals surface area contributed by atoms with Gasteiger partial charge in [0, 0.05) is 6.04 Å². The van der Waals surface area contributed by atoms with Crippen molar-refractivity contribution in [2.75, 3.05) is 6.54 Å². The van der Waals surface area contributed by atoms with Crippen LogP contribution in [0.15, 0.2) is 24.3 Å². The minimum absolute atomic E-state index is 0.129. The monoisotopic (exact) mass is 291 g/mol.